The highest BCUT2D eigenvalue weighted by Crippen LogP contribution is 2.42. The van der Waals surface area contributed by atoms with Crippen LogP contribution in [-0.2, 0) is 76.2 Å². The van der Waals surface area contributed by atoms with Crippen LogP contribution in [0.15, 0.2) is 21.9 Å². The Morgan fingerprint density at radius 3 is 1.46 bits per heavy atom. The molecule has 0 unspecified atom stereocenters. The van der Waals surface area contributed by atoms with Crippen molar-refractivity contribution in [3.05, 3.63) is 38.7 Å². The van der Waals surface area contributed by atoms with Crippen molar-refractivity contribution in [3.63, 3.8) is 0 Å². The van der Waals surface area contributed by atoms with Crippen LogP contribution in [0.4, 0.5) is 0 Å². The summed E-state index contributed by atoms with van der Waals surface area (Å²) in [5.41, 5.74) is -3.02. The minimum Gasteiger partial charge on any atom is -0.390 e. The lowest BCUT2D eigenvalue weighted by Gasteiger charge is -2.41. The highest BCUT2D eigenvalue weighted by molar-refractivity contribution is 5.91. The first-order valence-corrected chi connectivity index (χ1v) is 40.5. The van der Waals surface area contributed by atoms with Gasteiger partial charge in [0.25, 0.3) is 5.56 Å². The number of ketones is 4. The van der Waals surface area contributed by atoms with Crippen LogP contribution in [0.2, 0.25) is 0 Å². The molecule has 27 nitrogen and oxygen atoms in total. The first-order valence-electron chi connectivity index (χ1n) is 40.5. The summed E-state index contributed by atoms with van der Waals surface area (Å²) in [6, 6.07) is -0.487. The number of amides is 3. The van der Waals surface area contributed by atoms with E-state index in [2.05, 4.69) is 48.6 Å². The number of hydrogen-bond donors (Lipinski definition) is 8. The zero-order chi connectivity index (χ0) is 77.6. The Labute approximate surface area is 633 Å². The second kappa shape index (κ2) is 48.7. The van der Waals surface area contributed by atoms with Gasteiger partial charge in [0, 0.05) is 115 Å². The first kappa shape index (κ1) is 90.9. The van der Waals surface area contributed by atoms with Gasteiger partial charge in [0.05, 0.1) is 82.8 Å². The summed E-state index contributed by atoms with van der Waals surface area (Å²) in [7, 11) is 0. The van der Waals surface area contributed by atoms with E-state index in [1.54, 1.807) is 13.8 Å². The van der Waals surface area contributed by atoms with Gasteiger partial charge in [0.2, 0.25) is 17.7 Å². The molecule has 1 aromatic heterocycles. The molecule has 5 aliphatic rings. The third-order valence-corrected chi connectivity index (χ3v) is 21.3. The van der Waals surface area contributed by atoms with Crippen molar-refractivity contribution in [2.75, 3.05) is 79.2 Å². The largest absolute Gasteiger partial charge is 0.390 e. The Kier molecular flexibility index (Phi) is 41.4. The van der Waals surface area contributed by atoms with Crippen LogP contribution in [0.25, 0.3) is 6.08 Å². The van der Waals surface area contributed by atoms with E-state index < -0.39 is 71.7 Å². The molecular formula is C80H133N5O22. The van der Waals surface area contributed by atoms with Crippen LogP contribution in [0.3, 0.4) is 0 Å². The zero-order valence-electron chi connectivity index (χ0n) is 65.3. The number of H-pyrrole nitrogens is 1. The van der Waals surface area contributed by atoms with Crippen LogP contribution in [0.5, 0.6) is 0 Å². The number of nitrogens with one attached hydrogen (secondary N) is 4. The number of aliphatic hydroxyl groups is 4. The fourth-order valence-electron chi connectivity index (χ4n) is 14.4. The van der Waals surface area contributed by atoms with Gasteiger partial charge in [0.1, 0.15) is 52.8 Å². The molecule has 5 saturated heterocycles. The Morgan fingerprint density at radius 1 is 0.551 bits per heavy atom. The number of ether oxygens (including phenoxy) is 9. The Balaban J connectivity index is 0.760. The van der Waals surface area contributed by atoms with E-state index in [0.717, 1.165) is 89.9 Å². The maximum atomic E-state index is 13.2. The number of fused-ring (bicyclic) bond motifs is 4. The molecule has 5 aliphatic heterocycles. The van der Waals surface area contributed by atoms with Gasteiger partial charge in [-0.1, -0.05) is 106 Å². The van der Waals surface area contributed by atoms with Crippen LogP contribution >= 0.6 is 0 Å². The third kappa shape index (κ3) is 33.1. The third-order valence-electron chi connectivity index (χ3n) is 21.3. The number of aromatic amines is 1. The van der Waals surface area contributed by atoms with Gasteiger partial charge in [-0.3, -0.25) is 47.9 Å². The normalized spacial score (nSPS) is 25.7. The SMILES string of the molecule is C[C@H]1[C@H]2OC[C@](COCCCCC(=O)CCCCCC(=O)CCOCC(COCCC(=O)CCCCCC(=O)CCCCOC[C@@]34CO[C@@H](O3)[C@H](C)[C@@H](O)[C@H]4O)NC(=O)CCCCCCCCCCC(=O)NCCCCCCNC(=O)/C=C/c3cn([C@H]4C[C@H](C)[C@@H](CC(C)(C)C)O4)c(=O)[nH]c3=O)(O2)[C@H](O)[C@@H]1O. The lowest BCUT2D eigenvalue weighted by molar-refractivity contribution is -0.248. The number of Topliss-reactive ketones (excluding diaryl/α,β-unsaturated/α-hetero) is 4. The maximum absolute atomic E-state index is 13.2. The van der Waals surface area contributed by atoms with Gasteiger partial charge in [-0.2, -0.15) is 0 Å². The monoisotopic (exact) mass is 1520 g/mol. The van der Waals surface area contributed by atoms with E-state index in [4.69, 9.17) is 42.6 Å². The Bertz CT molecular complexity index is 2890. The minimum absolute atomic E-state index is 0.00359. The van der Waals surface area contributed by atoms with Gasteiger partial charge in [-0.05, 0) is 107 Å². The molecule has 13 atom stereocenters. The summed E-state index contributed by atoms with van der Waals surface area (Å²) in [6.07, 6.45) is 21.4. The van der Waals surface area contributed by atoms with Gasteiger partial charge in [-0.15, -0.1) is 0 Å². The van der Waals surface area contributed by atoms with Crippen molar-refractivity contribution < 1.29 is 96.6 Å². The summed E-state index contributed by atoms with van der Waals surface area (Å²) in [6.45, 7) is 15.0. The molecule has 5 fully saturated rings. The van der Waals surface area contributed by atoms with Crippen molar-refractivity contribution in [1.29, 1.82) is 0 Å². The number of hydrogen-bond acceptors (Lipinski definition) is 22. The molecule has 610 valence electrons. The van der Waals surface area contributed by atoms with Gasteiger partial charge in [-0.25, -0.2) is 4.79 Å². The highest BCUT2D eigenvalue weighted by atomic mass is 16.8. The average Bonchev–Trinajstić information content (AvgIpc) is 1.61. The standard InChI is InChI=1S/C80H133N5O22/c1-56-47-69(105-65(56)48-78(4,5)6)85-49-59(74(97)84-77(85)98)37-38-67(91)82-42-26-14-13-25-41-81-66(90)35-21-11-9-7-8-10-12-22-36-68(92)83-60(50-99-45-39-63(88)31-19-15-17-29-61(86)33-23-27-43-101-52-79-54-103-75(106-79)57(2)70(93)72(79)95)51-100-46-40-64(89)32-20-16-18-30-62(87)34-24-28-44-102-53-80-55-104-76(107-80)58(3)71(94)73(80)96/h37-38,49,56-58,60,65,69-73,75-76,93-96H,7-36,39-48,50-55H2,1-6H3,(H,81,90)(H,82,91)(H,83,92)(H,84,97,98)/b38-37+/t56-,57+,58+,65+,69+,70+,71+,72+,73+,75-,76-,79-,80-/m0/s1. The van der Waals surface area contributed by atoms with Crippen molar-refractivity contribution in [3.8, 4) is 0 Å². The van der Waals surface area contributed by atoms with Crippen LogP contribution in [-0.4, -0.2) is 210 Å². The topological polar surface area (TPSA) is 374 Å². The summed E-state index contributed by atoms with van der Waals surface area (Å²) in [4.78, 5) is 117. The Hall–Kier alpha value is -5.01. The van der Waals surface area contributed by atoms with Gasteiger partial charge < -0.3 is 79.0 Å². The van der Waals surface area contributed by atoms with E-state index in [1.807, 2.05) is 0 Å². The molecule has 0 radical (unpaired) electrons. The van der Waals surface area contributed by atoms with E-state index in [1.165, 1.54) is 22.9 Å². The Morgan fingerprint density at radius 2 is 0.972 bits per heavy atom. The summed E-state index contributed by atoms with van der Waals surface area (Å²) >= 11 is 0. The van der Waals surface area contributed by atoms with Gasteiger partial charge >= 0.3 is 5.69 Å². The number of aromatic nitrogens is 2. The summed E-state index contributed by atoms with van der Waals surface area (Å²) in [5, 5.41) is 50.8. The molecule has 1 aromatic rings. The fraction of sp³-hybridized carbons (Fsp3) is 0.838. The molecule has 107 heavy (non-hydrogen) atoms. The van der Waals surface area contributed by atoms with Crippen LogP contribution in [0, 0.1) is 23.2 Å². The van der Waals surface area contributed by atoms with Gasteiger partial charge in [0.15, 0.2) is 12.6 Å². The highest BCUT2D eigenvalue weighted by Gasteiger charge is 2.59. The molecule has 0 spiro atoms. The number of unbranched alkanes of at least 4 members (excludes halogenated alkanes) is 16. The molecule has 0 aromatic carbocycles. The van der Waals surface area contributed by atoms with Crippen molar-refractivity contribution >= 4 is 46.9 Å². The predicted octanol–water partition coefficient (Wildman–Crippen LogP) is 8.42. The van der Waals surface area contributed by atoms with E-state index in [-0.39, 0.29) is 141 Å². The van der Waals surface area contributed by atoms with Crippen LogP contribution in [0.1, 0.15) is 272 Å². The predicted molar refractivity (Wildman–Crippen MR) is 401 cm³/mol. The molecule has 0 aliphatic carbocycles. The average molecular weight is 1520 g/mol. The van der Waals surface area contributed by atoms with E-state index >= 15 is 0 Å². The van der Waals surface area contributed by atoms with Crippen molar-refractivity contribution in [2.24, 2.45) is 23.2 Å². The molecule has 6 heterocycles. The summed E-state index contributed by atoms with van der Waals surface area (Å²) < 4.78 is 54.0. The molecule has 8 N–H and O–H groups in total. The number of nitrogens with zero attached hydrogens (tertiary/aromatic N) is 1. The second-order valence-corrected chi connectivity index (χ2v) is 32.1. The number of rotatable bonds is 59. The molecule has 4 bridgehead atoms. The zero-order valence-corrected chi connectivity index (χ0v) is 65.3. The number of carbonyl (C=O) groups is 7. The second-order valence-electron chi connectivity index (χ2n) is 32.1. The van der Waals surface area contributed by atoms with Crippen molar-refractivity contribution in [2.45, 2.75) is 326 Å². The van der Waals surface area contributed by atoms with Crippen LogP contribution < -0.4 is 27.2 Å². The number of aliphatic hydroxyl groups excluding tert-OH is 4. The number of carbonyl (C=O) groups excluding carboxylic acids is 7. The summed E-state index contributed by atoms with van der Waals surface area (Å²) in [5.74, 6) is -0.415. The lowest BCUT2D eigenvalue weighted by atomic mass is 9.85. The van der Waals surface area contributed by atoms with E-state index in [0.29, 0.717) is 142 Å². The molecule has 3 amide bonds. The minimum atomic E-state index is -1.11. The fourth-order valence-corrected chi connectivity index (χ4v) is 14.4. The quantitative estimate of drug-likeness (QED) is 0.0224. The van der Waals surface area contributed by atoms with Crippen molar-refractivity contribution in [1.82, 2.24) is 25.5 Å². The lowest BCUT2D eigenvalue weighted by Crippen LogP contribution is -2.60. The molecule has 6 rings (SSSR count). The maximum Gasteiger partial charge on any atom is 0.330 e. The molecule has 27 heteroatoms. The van der Waals surface area contributed by atoms with E-state index in [9.17, 15) is 63.6 Å². The molecule has 0 saturated carbocycles. The smallest absolute Gasteiger partial charge is 0.330 e. The first-order chi connectivity index (χ1) is 51.3. The molecular weight excluding hydrogens is 1380 g/mol.